The number of rotatable bonds is 11. The number of hydrogen-bond acceptors (Lipinski definition) is 2. The van der Waals surface area contributed by atoms with E-state index in [0.29, 0.717) is 0 Å². The van der Waals surface area contributed by atoms with Crippen molar-refractivity contribution >= 4 is 0 Å². The second-order valence-electron chi connectivity index (χ2n) is 11.3. The van der Waals surface area contributed by atoms with Crippen molar-refractivity contribution in [2.24, 2.45) is 0 Å². The largest absolute Gasteiger partial charge is 0.396 e. The summed E-state index contributed by atoms with van der Waals surface area (Å²) in [5.74, 6) is 0. The number of fused-ring (bicyclic) bond motifs is 3. The van der Waals surface area contributed by atoms with Crippen LogP contribution in [0.5, 0.6) is 0 Å². The monoisotopic (exact) mass is 538 g/mol. The Morgan fingerprint density at radius 1 is 0.463 bits per heavy atom. The van der Waals surface area contributed by atoms with E-state index in [1.165, 1.54) is 55.6 Å². The van der Waals surface area contributed by atoms with Crippen LogP contribution in [-0.2, 0) is 24.7 Å². The highest BCUT2D eigenvalue weighted by molar-refractivity contribution is 5.81. The molecule has 0 atom stereocenters. The average molecular weight is 539 g/mol. The molecule has 206 valence electrons. The molecule has 0 amide bonds. The molecule has 0 aliphatic heterocycles. The van der Waals surface area contributed by atoms with Crippen molar-refractivity contribution in [1.82, 2.24) is 0 Å². The van der Waals surface area contributed by atoms with Crippen molar-refractivity contribution in [3.8, 4) is 22.3 Å². The topological polar surface area (TPSA) is 40.5 Å². The molecule has 5 aromatic carbocycles. The molecule has 0 saturated heterocycles. The first-order valence-corrected chi connectivity index (χ1v) is 14.9. The van der Waals surface area contributed by atoms with Gasteiger partial charge in [0.1, 0.15) is 0 Å². The van der Waals surface area contributed by atoms with Crippen LogP contribution in [0.2, 0.25) is 0 Å². The molecule has 1 aliphatic carbocycles. The van der Waals surface area contributed by atoms with Crippen LogP contribution >= 0.6 is 0 Å². The number of aryl methyl sites for hydroxylation is 1. The molecule has 0 saturated carbocycles. The predicted molar refractivity (Wildman–Crippen MR) is 169 cm³/mol. The lowest BCUT2D eigenvalue weighted by Gasteiger charge is -2.32. The summed E-state index contributed by atoms with van der Waals surface area (Å²) in [5.41, 5.74) is 13.0. The first kappa shape index (κ1) is 27.2. The van der Waals surface area contributed by atoms with Crippen molar-refractivity contribution in [3.05, 3.63) is 155 Å². The number of aliphatic hydroxyl groups excluding tert-OH is 2. The van der Waals surface area contributed by atoms with Crippen molar-refractivity contribution in [1.29, 1.82) is 0 Å². The van der Waals surface area contributed by atoms with Crippen LogP contribution in [0.15, 0.2) is 121 Å². The standard InChI is InChI=1S/C39H38O2/c40-25-9-13-31-11-1-3-14-33(31)34-15-4-2-12-32(34)27-29-20-22-30(23-21-29)28-39(24-10-26-41)37-18-7-5-16-35(37)36-17-6-8-19-38(36)39/h1-8,11-12,14-23,40-41H,9-10,13,24-28H2. The van der Waals surface area contributed by atoms with Gasteiger partial charge in [0.05, 0.1) is 0 Å². The molecule has 5 aromatic rings. The minimum absolute atomic E-state index is 0.137. The Kier molecular flexibility index (Phi) is 8.14. The smallest absolute Gasteiger partial charge is 0.0434 e. The van der Waals surface area contributed by atoms with Crippen LogP contribution in [-0.4, -0.2) is 23.4 Å². The van der Waals surface area contributed by atoms with Gasteiger partial charge in [0.25, 0.3) is 0 Å². The Hall–Kier alpha value is -3.98. The van der Waals surface area contributed by atoms with Crippen molar-refractivity contribution in [2.75, 3.05) is 13.2 Å². The third-order valence-electron chi connectivity index (χ3n) is 8.79. The molecular weight excluding hydrogens is 500 g/mol. The van der Waals surface area contributed by atoms with E-state index in [1.807, 2.05) is 0 Å². The Balaban J connectivity index is 1.29. The SMILES string of the molecule is OCCCc1ccccc1-c1ccccc1Cc1ccc(CC2(CCCO)c3ccccc3-c3ccccc32)cc1. The van der Waals surface area contributed by atoms with E-state index in [0.717, 1.165) is 38.5 Å². The second kappa shape index (κ2) is 12.3. The molecule has 6 rings (SSSR count). The zero-order chi connectivity index (χ0) is 28.1. The van der Waals surface area contributed by atoms with E-state index in [9.17, 15) is 10.2 Å². The summed E-state index contributed by atoms with van der Waals surface area (Å²) < 4.78 is 0. The average Bonchev–Trinajstić information content (AvgIpc) is 3.30. The number of hydrogen-bond donors (Lipinski definition) is 2. The van der Waals surface area contributed by atoms with Gasteiger partial charge in [-0.05, 0) is 94.2 Å². The Morgan fingerprint density at radius 2 is 0.951 bits per heavy atom. The molecule has 2 N–H and O–H groups in total. The Labute approximate surface area is 244 Å². The van der Waals surface area contributed by atoms with E-state index in [4.69, 9.17) is 0 Å². The minimum Gasteiger partial charge on any atom is -0.396 e. The number of aliphatic hydroxyl groups is 2. The third kappa shape index (κ3) is 5.38. The zero-order valence-corrected chi connectivity index (χ0v) is 23.6. The van der Waals surface area contributed by atoms with Gasteiger partial charge < -0.3 is 10.2 Å². The van der Waals surface area contributed by atoms with E-state index in [2.05, 4.69) is 121 Å². The molecule has 0 bridgehead atoms. The fourth-order valence-electron chi connectivity index (χ4n) is 6.90. The van der Waals surface area contributed by atoms with Gasteiger partial charge in [0.15, 0.2) is 0 Å². The normalized spacial score (nSPS) is 13.1. The second-order valence-corrected chi connectivity index (χ2v) is 11.3. The zero-order valence-electron chi connectivity index (χ0n) is 23.6. The summed E-state index contributed by atoms with van der Waals surface area (Å²) in [6.45, 7) is 0.411. The minimum atomic E-state index is -0.137. The fourth-order valence-corrected chi connectivity index (χ4v) is 6.90. The maximum Gasteiger partial charge on any atom is 0.0434 e. The van der Waals surface area contributed by atoms with Gasteiger partial charge in [-0.25, -0.2) is 0 Å². The van der Waals surface area contributed by atoms with E-state index < -0.39 is 0 Å². The molecule has 0 unspecified atom stereocenters. The first-order valence-electron chi connectivity index (χ1n) is 14.9. The van der Waals surface area contributed by atoms with Gasteiger partial charge in [-0.2, -0.15) is 0 Å². The third-order valence-corrected chi connectivity index (χ3v) is 8.79. The van der Waals surface area contributed by atoms with Gasteiger partial charge in [-0.1, -0.05) is 121 Å². The molecule has 1 aliphatic rings. The molecule has 0 heterocycles. The van der Waals surface area contributed by atoms with Crippen LogP contribution in [0.25, 0.3) is 22.3 Å². The van der Waals surface area contributed by atoms with Gasteiger partial charge in [-0.15, -0.1) is 0 Å². The van der Waals surface area contributed by atoms with Gasteiger partial charge in [0, 0.05) is 18.6 Å². The summed E-state index contributed by atoms with van der Waals surface area (Å²) >= 11 is 0. The van der Waals surface area contributed by atoms with Crippen LogP contribution in [0.1, 0.15) is 52.6 Å². The molecule has 41 heavy (non-hydrogen) atoms. The Bertz CT molecular complexity index is 1570. The fraction of sp³-hybridized carbons (Fsp3) is 0.231. The molecule has 0 spiro atoms. The van der Waals surface area contributed by atoms with Crippen LogP contribution < -0.4 is 0 Å². The van der Waals surface area contributed by atoms with Crippen molar-refractivity contribution in [3.63, 3.8) is 0 Å². The van der Waals surface area contributed by atoms with E-state index >= 15 is 0 Å². The maximum atomic E-state index is 9.83. The summed E-state index contributed by atoms with van der Waals surface area (Å²) in [7, 11) is 0. The van der Waals surface area contributed by atoms with E-state index in [1.54, 1.807) is 0 Å². The lowest BCUT2D eigenvalue weighted by Crippen LogP contribution is -2.28. The van der Waals surface area contributed by atoms with Gasteiger partial charge in [0.2, 0.25) is 0 Å². The van der Waals surface area contributed by atoms with E-state index in [-0.39, 0.29) is 18.6 Å². The van der Waals surface area contributed by atoms with Crippen LogP contribution in [0.4, 0.5) is 0 Å². The molecule has 0 aromatic heterocycles. The molecule has 2 heteroatoms. The van der Waals surface area contributed by atoms with Gasteiger partial charge >= 0.3 is 0 Å². The highest BCUT2D eigenvalue weighted by atomic mass is 16.3. The lowest BCUT2D eigenvalue weighted by molar-refractivity contribution is 0.269. The summed E-state index contributed by atoms with van der Waals surface area (Å²) in [4.78, 5) is 0. The Morgan fingerprint density at radius 3 is 1.56 bits per heavy atom. The predicted octanol–water partition coefficient (Wildman–Crippen LogP) is 8.15. The molecule has 0 radical (unpaired) electrons. The summed E-state index contributed by atoms with van der Waals surface area (Å²) in [5, 5.41) is 19.2. The van der Waals surface area contributed by atoms with Crippen molar-refractivity contribution < 1.29 is 10.2 Å². The van der Waals surface area contributed by atoms with Crippen LogP contribution in [0, 0.1) is 0 Å². The van der Waals surface area contributed by atoms with Gasteiger partial charge in [-0.3, -0.25) is 0 Å². The molecule has 2 nitrogen and oxygen atoms in total. The quantitative estimate of drug-likeness (QED) is 0.178. The number of benzene rings is 5. The summed E-state index contributed by atoms with van der Waals surface area (Å²) in [6.07, 6.45) is 5.12. The van der Waals surface area contributed by atoms with Crippen molar-refractivity contribution in [2.45, 2.75) is 43.9 Å². The maximum absolute atomic E-state index is 9.83. The molecular formula is C39H38O2. The molecule has 0 fully saturated rings. The highest BCUT2D eigenvalue weighted by Gasteiger charge is 2.42. The lowest BCUT2D eigenvalue weighted by atomic mass is 9.70. The highest BCUT2D eigenvalue weighted by Crippen LogP contribution is 2.52. The van der Waals surface area contributed by atoms with Crippen LogP contribution in [0.3, 0.4) is 0 Å². The first-order chi connectivity index (χ1) is 20.2. The summed E-state index contributed by atoms with van der Waals surface area (Å²) in [6, 6.07) is 44.1.